The molecule has 2 aromatic heterocycles. The van der Waals surface area contributed by atoms with Gasteiger partial charge in [-0.05, 0) is 40.4 Å². The molecule has 0 fully saturated rings. The second-order valence-corrected chi connectivity index (χ2v) is 6.09. The molecule has 0 saturated carbocycles. The standard InChI is InChI=1S/C17H19NOS/c1-2-5-16(19)13-8-9-18(10-13)11-14-12-20-17-7-4-3-6-15(14)17/h3-4,6-10,12,16,19H,2,5,11H2,1H3. The van der Waals surface area contributed by atoms with Crippen molar-refractivity contribution in [2.24, 2.45) is 0 Å². The van der Waals surface area contributed by atoms with Crippen molar-refractivity contribution in [2.75, 3.05) is 0 Å². The fourth-order valence-corrected chi connectivity index (χ4v) is 3.50. The van der Waals surface area contributed by atoms with Gasteiger partial charge in [0, 0.05) is 23.6 Å². The Balaban J connectivity index is 1.81. The predicted molar refractivity (Wildman–Crippen MR) is 85.2 cm³/mol. The summed E-state index contributed by atoms with van der Waals surface area (Å²) in [6.45, 7) is 2.96. The number of thiophene rings is 1. The lowest BCUT2D eigenvalue weighted by molar-refractivity contribution is 0.166. The van der Waals surface area contributed by atoms with Crippen LogP contribution in [-0.2, 0) is 6.54 Å². The fraction of sp³-hybridized carbons (Fsp3) is 0.294. The molecule has 3 heteroatoms. The summed E-state index contributed by atoms with van der Waals surface area (Å²) in [6.07, 6.45) is 5.61. The van der Waals surface area contributed by atoms with Gasteiger partial charge in [0.1, 0.15) is 0 Å². The van der Waals surface area contributed by atoms with Crippen LogP contribution in [0.5, 0.6) is 0 Å². The largest absolute Gasteiger partial charge is 0.388 e. The van der Waals surface area contributed by atoms with Crippen molar-refractivity contribution >= 4 is 21.4 Å². The average Bonchev–Trinajstić information content (AvgIpc) is 3.08. The van der Waals surface area contributed by atoms with Crippen LogP contribution in [0, 0.1) is 0 Å². The lowest BCUT2D eigenvalue weighted by Gasteiger charge is -2.06. The highest BCUT2D eigenvalue weighted by molar-refractivity contribution is 7.17. The maximum atomic E-state index is 10.0. The molecule has 0 aliphatic carbocycles. The van der Waals surface area contributed by atoms with Gasteiger partial charge in [0.25, 0.3) is 0 Å². The van der Waals surface area contributed by atoms with Crippen molar-refractivity contribution in [3.05, 3.63) is 59.2 Å². The molecule has 0 radical (unpaired) electrons. The number of rotatable bonds is 5. The third kappa shape index (κ3) is 2.65. The highest BCUT2D eigenvalue weighted by Gasteiger charge is 2.09. The van der Waals surface area contributed by atoms with Crippen molar-refractivity contribution < 1.29 is 5.11 Å². The predicted octanol–water partition coefficient (Wildman–Crippen LogP) is 4.58. The molecule has 104 valence electrons. The molecule has 20 heavy (non-hydrogen) atoms. The monoisotopic (exact) mass is 285 g/mol. The highest BCUT2D eigenvalue weighted by Crippen LogP contribution is 2.27. The summed E-state index contributed by atoms with van der Waals surface area (Å²) in [5.74, 6) is 0. The zero-order valence-corrected chi connectivity index (χ0v) is 12.4. The van der Waals surface area contributed by atoms with Gasteiger partial charge in [0.15, 0.2) is 0 Å². The maximum absolute atomic E-state index is 10.0. The zero-order valence-electron chi connectivity index (χ0n) is 11.6. The van der Waals surface area contributed by atoms with E-state index >= 15 is 0 Å². The van der Waals surface area contributed by atoms with E-state index < -0.39 is 0 Å². The second-order valence-electron chi connectivity index (χ2n) is 5.18. The van der Waals surface area contributed by atoms with Crippen LogP contribution in [0.3, 0.4) is 0 Å². The van der Waals surface area contributed by atoms with Crippen molar-refractivity contribution in [3.63, 3.8) is 0 Å². The first kappa shape index (κ1) is 13.4. The van der Waals surface area contributed by atoms with E-state index in [1.807, 2.05) is 6.07 Å². The van der Waals surface area contributed by atoms with E-state index in [0.29, 0.717) is 0 Å². The highest BCUT2D eigenvalue weighted by atomic mass is 32.1. The number of fused-ring (bicyclic) bond motifs is 1. The number of benzene rings is 1. The molecule has 1 aromatic carbocycles. The third-order valence-corrected chi connectivity index (χ3v) is 4.65. The van der Waals surface area contributed by atoms with Crippen LogP contribution >= 0.6 is 11.3 Å². The number of hydrogen-bond donors (Lipinski definition) is 1. The molecule has 0 aliphatic rings. The molecule has 2 nitrogen and oxygen atoms in total. The number of aromatic nitrogens is 1. The van der Waals surface area contributed by atoms with Crippen LogP contribution in [0.4, 0.5) is 0 Å². The van der Waals surface area contributed by atoms with E-state index in [4.69, 9.17) is 0 Å². The van der Waals surface area contributed by atoms with Gasteiger partial charge >= 0.3 is 0 Å². The van der Waals surface area contributed by atoms with Crippen molar-refractivity contribution in [3.8, 4) is 0 Å². The normalized spacial score (nSPS) is 12.9. The SMILES string of the molecule is CCCC(O)c1ccn(Cc2csc3ccccc23)c1. The molecule has 0 saturated heterocycles. The number of aliphatic hydroxyl groups is 1. The Bertz CT molecular complexity index is 698. The van der Waals surface area contributed by atoms with Crippen LogP contribution in [0.15, 0.2) is 48.1 Å². The van der Waals surface area contributed by atoms with Gasteiger partial charge in [-0.15, -0.1) is 11.3 Å². The third-order valence-electron chi connectivity index (χ3n) is 3.63. The molecule has 0 bridgehead atoms. The Labute approximate surface area is 123 Å². The van der Waals surface area contributed by atoms with Crippen LogP contribution < -0.4 is 0 Å². The van der Waals surface area contributed by atoms with Crippen LogP contribution in [0.1, 0.15) is 37.0 Å². The summed E-state index contributed by atoms with van der Waals surface area (Å²) < 4.78 is 3.49. The number of aliphatic hydroxyl groups excluding tert-OH is 1. The zero-order chi connectivity index (χ0) is 13.9. The molecule has 3 aromatic rings. The van der Waals surface area contributed by atoms with E-state index in [-0.39, 0.29) is 6.10 Å². The topological polar surface area (TPSA) is 25.2 Å². The van der Waals surface area contributed by atoms with Gasteiger partial charge in [-0.1, -0.05) is 31.5 Å². The lowest BCUT2D eigenvalue weighted by Crippen LogP contribution is -1.97. The second kappa shape index (κ2) is 5.81. The molecule has 2 heterocycles. The first-order chi connectivity index (χ1) is 9.78. The first-order valence-electron chi connectivity index (χ1n) is 7.06. The molecule has 1 atom stereocenters. The van der Waals surface area contributed by atoms with E-state index in [1.165, 1.54) is 15.6 Å². The quantitative estimate of drug-likeness (QED) is 0.729. The molecular weight excluding hydrogens is 266 g/mol. The van der Waals surface area contributed by atoms with E-state index in [2.05, 4.69) is 53.5 Å². The van der Waals surface area contributed by atoms with Crippen LogP contribution in [0.2, 0.25) is 0 Å². The minimum atomic E-state index is -0.333. The summed E-state index contributed by atoms with van der Waals surface area (Å²) in [6, 6.07) is 10.5. The summed E-state index contributed by atoms with van der Waals surface area (Å²) >= 11 is 1.79. The average molecular weight is 285 g/mol. The summed E-state index contributed by atoms with van der Waals surface area (Å²) in [5, 5.41) is 13.6. The van der Waals surface area contributed by atoms with Crippen LogP contribution in [0.25, 0.3) is 10.1 Å². The van der Waals surface area contributed by atoms with Gasteiger partial charge in [0.05, 0.1) is 6.10 Å². The van der Waals surface area contributed by atoms with Gasteiger partial charge < -0.3 is 9.67 Å². The Hall–Kier alpha value is -1.58. The van der Waals surface area contributed by atoms with Gasteiger partial charge in [-0.3, -0.25) is 0 Å². The lowest BCUT2D eigenvalue weighted by atomic mass is 10.1. The van der Waals surface area contributed by atoms with Crippen LogP contribution in [-0.4, -0.2) is 9.67 Å². The summed E-state index contributed by atoms with van der Waals surface area (Å²) in [5.41, 5.74) is 2.36. The van der Waals surface area contributed by atoms with E-state index in [1.54, 1.807) is 11.3 Å². The number of hydrogen-bond acceptors (Lipinski definition) is 2. The summed E-state index contributed by atoms with van der Waals surface area (Å²) in [7, 11) is 0. The minimum Gasteiger partial charge on any atom is -0.388 e. The van der Waals surface area contributed by atoms with E-state index in [0.717, 1.165) is 24.9 Å². The molecule has 1 N–H and O–H groups in total. The smallest absolute Gasteiger partial charge is 0.0804 e. The molecule has 0 spiro atoms. The van der Waals surface area contributed by atoms with Crippen molar-refractivity contribution in [1.82, 2.24) is 4.57 Å². The maximum Gasteiger partial charge on any atom is 0.0804 e. The van der Waals surface area contributed by atoms with Crippen molar-refractivity contribution in [2.45, 2.75) is 32.4 Å². The Morgan fingerprint density at radius 1 is 1.25 bits per heavy atom. The first-order valence-corrected chi connectivity index (χ1v) is 7.94. The number of nitrogens with zero attached hydrogens (tertiary/aromatic N) is 1. The molecule has 1 unspecified atom stereocenters. The fourth-order valence-electron chi connectivity index (χ4n) is 2.55. The van der Waals surface area contributed by atoms with Gasteiger partial charge in [-0.2, -0.15) is 0 Å². The van der Waals surface area contributed by atoms with Crippen molar-refractivity contribution in [1.29, 1.82) is 0 Å². The summed E-state index contributed by atoms with van der Waals surface area (Å²) in [4.78, 5) is 0. The Morgan fingerprint density at radius 2 is 2.10 bits per heavy atom. The molecule has 3 rings (SSSR count). The molecular formula is C17H19NOS. The molecule has 0 aliphatic heterocycles. The van der Waals surface area contributed by atoms with Gasteiger partial charge in [0.2, 0.25) is 0 Å². The minimum absolute atomic E-state index is 0.333. The van der Waals surface area contributed by atoms with E-state index in [9.17, 15) is 5.11 Å². The van der Waals surface area contributed by atoms with Gasteiger partial charge in [-0.25, -0.2) is 0 Å². The molecule has 0 amide bonds. The Kier molecular flexibility index (Phi) is 3.90. The Morgan fingerprint density at radius 3 is 2.95 bits per heavy atom.